The summed E-state index contributed by atoms with van der Waals surface area (Å²) in [6.07, 6.45) is 10.9. The van der Waals surface area contributed by atoms with E-state index >= 15 is 0 Å². The third-order valence-corrected chi connectivity index (χ3v) is 8.32. The molecule has 0 bridgehead atoms. The van der Waals surface area contributed by atoms with Gasteiger partial charge in [0.2, 0.25) is 5.91 Å². The van der Waals surface area contributed by atoms with E-state index in [2.05, 4.69) is 58.8 Å². The highest BCUT2D eigenvalue weighted by Crippen LogP contribution is 2.32. The third kappa shape index (κ3) is 12.3. The Morgan fingerprint density at radius 2 is 1.90 bits per heavy atom. The van der Waals surface area contributed by atoms with Crippen molar-refractivity contribution >= 4 is 49.8 Å². The first-order valence-corrected chi connectivity index (χ1v) is 16.5. The Labute approximate surface area is 260 Å². The number of thioether (sulfide) groups is 1. The van der Waals surface area contributed by atoms with Gasteiger partial charge in [0.15, 0.2) is 5.78 Å². The van der Waals surface area contributed by atoms with E-state index in [0.29, 0.717) is 12.1 Å². The minimum absolute atomic E-state index is 0.0129. The lowest BCUT2D eigenvalue weighted by Crippen LogP contribution is -2.32. The van der Waals surface area contributed by atoms with Crippen LogP contribution in [0.4, 0.5) is 0 Å². The minimum Gasteiger partial charge on any atom is -0.355 e. The maximum absolute atomic E-state index is 13.6. The van der Waals surface area contributed by atoms with Gasteiger partial charge in [-0.3, -0.25) is 9.59 Å². The van der Waals surface area contributed by atoms with Gasteiger partial charge in [0.05, 0.1) is 10.1 Å². The Morgan fingerprint density at radius 1 is 1.12 bits per heavy atom. The highest BCUT2D eigenvalue weighted by Gasteiger charge is 2.20. The summed E-state index contributed by atoms with van der Waals surface area (Å²) in [5, 5.41) is 3.43. The number of nitrogens with zero attached hydrogens (tertiary/aromatic N) is 3. The molecule has 2 rings (SSSR count). The van der Waals surface area contributed by atoms with Gasteiger partial charge in [-0.05, 0) is 98.4 Å². The molecule has 0 radical (unpaired) electrons. The van der Waals surface area contributed by atoms with Crippen LogP contribution in [0.25, 0.3) is 0 Å². The zero-order valence-electron chi connectivity index (χ0n) is 25.0. The molecule has 1 aromatic rings. The summed E-state index contributed by atoms with van der Waals surface area (Å²) in [7, 11) is 0. The van der Waals surface area contributed by atoms with Crippen LogP contribution in [0.1, 0.15) is 71.8 Å². The van der Waals surface area contributed by atoms with Crippen LogP contribution in [0, 0.1) is 6.92 Å². The van der Waals surface area contributed by atoms with Crippen LogP contribution >= 0.6 is 34.4 Å². The van der Waals surface area contributed by atoms with E-state index in [0.717, 1.165) is 83.3 Å². The van der Waals surface area contributed by atoms with Crippen LogP contribution in [0.5, 0.6) is 0 Å². The molecule has 220 valence electrons. The predicted octanol–water partition coefficient (Wildman–Crippen LogP) is 7.30. The quantitative estimate of drug-likeness (QED) is 0.0527. The summed E-state index contributed by atoms with van der Waals surface area (Å²) in [4.78, 5) is 37.8. The van der Waals surface area contributed by atoms with Crippen LogP contribution in [0.15, 0.2) is 68.7 Å². The molecule has 6 nitrogen and oxygen atoms in total. The molecular formula is C32H47IN4O2S. The van der Waals surface area contributed by atoms with Crippen LogP contribution in [-0.4, -0.2) is 64.5 Å². The normalized spacial score (nSPS) is 15.7. The number of amides is 1. The standard InChI is InChI=1S/C32H47IN4O2S/c1-6-8-9-12-21-36(7-2)32(39)24-28(26(4)40-30-17-11-10-15-25(30)3)29(38)16-13-18-31(35-27(5)33)37-22-14-19-34-20-23-37/h10-11,13,15-18,34H,6-9,12,14,19-24H2,1-5H3/b16-13+,28-26+,31-18+,35-27?. The molecule has 1 fully saturated rings. The SMILES string of the molecule is CCCCCCN(CC)C(=O)C/C(C(=O)/C=C/C=C(\N=C(C)I)N1CCCNCC1)=C(/C)Sc1ccccc1C. The fourth-order valence-corrected chi connectivity index (χ4v) is 5.75. The zero-order valence-corrected chi connectivity index (χ0v) is 27.9. The van der Waals surface area contributed by atoms with Gasteiger partial charge in [0, 0.05) is 43.2 Å². The average molecular weight is 679 g/mol. The molecule has 0 atom stereocenters. The van der Waals surface area contributed by atoms with E-state index in [1.165, 1.54) is 6.42 Å². The summed E-state index contributed by atoms with van der Waals surface area (Å²) in [5.41, 5.74) is 1.71. The first-order valence-electron chi connectivity index (χ1n) is 14.6. The van der Waals surface area contributed by atoms with Crippen molar-refractivity contribution in [3.63, 3.8) is 0 Å². The van der Waals surface area contributed by atoms with Gasteiger partial charge in [-0.2, -0.15) is 0 Å². The largest absolute Gasteiger partial charge is 0.355 e. The molecule has 0 saturated carbocycles. The molecule has 8 heteroatoms. The number of carbonyl (C=O) groups excluding carboxylic acids is 2. The summed E-state index contributed by atoms with van der Waals surface area (Å²) in [5.74, 6) is 0.743. The van der Waals surface area contributed by atoms with Gasteiger partial charge in [-0.1, -0.05) is 62.2 Å². The third-order valence-electron chi connectivity index (χ3n) is 6.85. The number of benzene rings is 1. The van der Waals surface area contributed by atoms with Crippen molar-refractivity contribution in [2.24, 2.45) is 4.99 Å². The first kappa shape index (κ1) is 34.3. The molecular weight excluding hydrogens is 631 g/mol. The number of nitrogens with one attached hydrogen (secondary N) is 1. The van der Waals surface area contributed by atoms with Crippen LogP contribution < -0.4 is 5.32 Å². The van der Waals surface area contributed by atoms with Crippen molar-refractivity contribution in [3.05, 3.63) is 64.4 Å². The fourth-order valence-electron chi connectivity index (χ4n) is 4.50. The summed E-state index contributed by atoms with van der Waals surface area (Å²) < 4.78 is 0.941. The Kier molecular flexibility index (Phi) is 16.5. The summed E-state index contributed by atoms with van der Waals surface area (Å²) in [6, 6.07) is 8.14. The Bertz CT molecular complexity index is 1080. The average Bonchev–Trinajstić information content (AvgIpc) is 3.22. The number of hydrogen-bond acceptors (Lipinski definition) is 6. The number of aliphatic imine (C=N–C) groups is 1. The zero-order chi connectivity index (χ0) is 29.3. The van der Waals surface area contributed by atoms with E-state index in [-0.39, 0.29) is 18.1 Å². The van der Waals surface area contributed by atoms with Crippen LogP contribution in [-0.2, 0) is 9.59 Å². The molecule has 0 unspecified atom stereocenters. The van der Waals surface area contributed by atoms with E-state index < -0.39 is 0 Å². The number of carbonyl (C=O) groups is 2. The molecule has 1 saturated heterocycles. The van der Waals surface area contributed by atoms with Gasteiger partial charge in [0.25, 0.3) is 0 Å². The fraction of sp³-hybridized carbons (Fsp3) is 0.531. The molecule has 1 amide bonds. The van der Waals surface area contributed by atoms with Gasteiger partial charge < -0.3 is 15.1 Å². The first-order chi connectivity index (χ1) is 19.3. The predicted molar refractivity (Wildman–Crippen MR) is 179 cm³/mol. The molecule has 0 spiro atoms. The Hall–Kier alpha value is -1.91. The molecule has 0 aliphatic carbocycles. The molecule has 1 aromatic carbocycles. The smallest absolute Gasteiger partial charge is 0.227 e. The second-order valence-electron chi connectivity index (χ2n) is 10.1. The van der Waals surface area contributed by atoms with Gasteiger partial charge in [-0.25, -0.2) is 4.99 Å². The summed E-state index contributed by atoms with van der Waals surface area (Å²) in [6.45, 7) is 15.3. The van der Waals surface area contributed by atoms with Crippen molar-refractivity contribution in [1.29, 1.82) is 0 Å². The van der Waals surface area contributed by atoms with E-state index in [1.54, 1.807) is 23.9 Å². The molecule has 1 heterocycles. The van der Waals surface area contributed by atoms with Crippen molar-refractivity contribution < 1.29 is 9.59 Å². The topological polar surface area (TPSA) is 65.0 Å². The molecule has 1 aliphatic heterocycles. The molecule has 0 aromatic heterocycles. The highest BCUT2D eigenvalue weighted by atomic mass is 127. The number of rotatable bonds is 15. The lowest BCUT2D eigenvalue weighted by Gasteiger charge is -2.22. The maximum Gasteiger partial charge on any atom is 0.227 e. The van der Waals surface area contributed by atoms with Crippen LogP contribution in [0.3, 0.4) is 0 Å². The second-order valence-corrected chi connectivity index (χ2v) is 12.9. The van der Waals surface area contributed by atoms with Gasteiger partial charge in [-0.15, -0.1) is 0 Å². The number of allylic oxidation sites excluding steroid dienone is 4. The van der Waals surface area contributed by atoms with Crippen molar-refractivity contribution in [1.82, 2.24) is 15.1 Å². The molecule has 1 aliphatic rings. The Balaban J connectivity index is 2.32. The van der Waals surface area contributed by atoms with E-state index in [1.807, 2.05) is 43.9 Å². The monoisotopic (exact) mass is 678 g/mol. The summed E-state index contributed by atoms with van der Waals surface area (Å²) >= 11 is 3.79. The number of unbranched alkanes of at least 4 members (excludes halogenated alkanes) is 3. The molecule has 1 N–H and O–H groups in total. The van der Waals surface area contributed by atoms with E-state index in [9.17, 15) is 9.59 Å². The van der Waals surface area contributed by atoms with Crippen molar-refractivity contribution in [2.45, 2.75) is 78.0 Å². The number of hydrogen-bond donors (Lipinski definition) is 1. The number of halogens is 1. The van der Waals surface area contributed by atoms with Gasteiger partial charge >= 0.3 is 0 Å². The molecule has 40 heavy (non-hydrogen) atoms. The lowest BCUT2D eigenvalue weighted by molar-refractivity contribution is -0.131. The number of aryl methyl sites for hydroxylation is 1. The Morgan fingerprint density at radius 3 is 2.60 bits per heavy atom. The maximum atomic E-state index is 13.6. The highest BCUT2D eigenvalue weighted by molar-refractivity contribution is 14.1. The van der Waals surface area contributed by atoms with Crippen molar-refractivity contribution in [2.75, 3.05) is 39.3 Å². The number of ketones is 1. The minimum atomic E-state index is -0.128. The second kappa shape index (κ2) is 19.3. The van der Waals surface area contributed by atoms with Crippen molar-refractivity contribution in [3.8, 4) is 0 Å². The van der Waals surface area contributed by atoms with Gasteiger partial charge in [0.1, 0.15) is 5.82 Å². The lowest BCUT2D eigenvalue weighted by atomic mass is 10.1. The van der Waals surface area contributed by atoms with Crippen LogP contribution in [0.2, 0.25) is 0 Å². The van der Waals surface area contributed by atoms with E-state index in [4.69, 9.17) is 4.99 Å².